The standard InChI is InChI=1S/C16H20O2/c1-12-2-7-14(8-3-12)15-9-4-13(5-10-15)6-11-16(17)18/h4-6,9-12,14H,2-3,7-8H2,1H3,(H,17,18)/b11-6+. The molecule has 1 N–H and O–H groups in total. The molecule has 0 bridgehead atoms. The van der Waals surface area contributed by atoms with Crippen LogP contribution in [-0.4, -0.2) is 11.1 Å². The average molecular weight is 244 g/mol. The van der Waals surface area contributed by atoms with E-state index in [1.807, 2.05) is 12.1 Å². The molecule has 0 spiro atoms. The lowest BCUT2D eigenvalue weighted by atomic mass is 9.79. The molecule has 96 valence electrons. The Kier molecular flexibility index (Phi) is 4.19. The largest absolute Gasteiger partial charge is 0.478 e. The highest BCUT2D eigenvalue weighted by Gasteiger charge is 2.19. The topological polar surface area (TPSA) is 37.3 Å². The second-order valence-corrected chi connectivity index (χ2v) is 5.30. The molecule has 0 aromatic heterocycles. The van der Waals surface area contributed by atoms with Crippen molar-refractivity contribution in [3.05, 3.63) is 41.5 Å². The summed E-state index contributed by atoms with van der Waals surface area (Å²) < 4.78 is 0. The van der Waals surface area contributed by atoms with Crippen molar-refractivity contribution >= 4 is 12.0 Å². The summed E-state index contributed by atoms with van der Waals surface area (Å²) in [6, 6.07) is 8.30. The fourth-order valence-electron chi connectivity index (χ4n) is 2.64. The van der Waals surface area contributed by atoms with Gasteiger partial charge in [0, 0.05) is 6.08 Å². The minimum atomic E-state index is -0.902. The third kappa shape index (κ3) is 3.46. The Bertz CT molecular complexity index is 423. The third-order valence-corrected chi connectivity index (χ3v) is 3.84. The number of carboxylic acids is 1. The van der Waals surface area contributed by atoms with E-state index in [0.717, 1.165) is 11.5 Å². The molecule has 0 heterocycles. The molecule has 2 heteroatoms. The van der Waals surface area contributed by atoms with E-state index in [4.69, 9.17) is 5.11 Å². The van der Waals surface area contributed by atoms with Crippen LogP contribution < -0.4 is 0 Å². The smallest absolute Gasteiger partial charge is 0.328 e. The molecule has 1 fully saturated rings. The van der Waals surface area contributed by atoms with E-state index in [1.165, 1.54) is 37.3 Å². The van der Waals surface area contributed by atoms with Crippen molar-refractivity contribution in [2.75, 3.05) is 0 Å². The summed E-state index contributed by atoms with van der Waals surface area (Å²) >= 11 is 0. The van der Waals surface area contributed by atoms with Crippen molar-refractivity contribution in [2.45, 2.75) is 38.5 Å². The van der Waals surface area contributed by atoms with Gasteiger partial charge in [-0.05, 0) is 41.9 Å². The summed E-state index contributed by atoms with van der Waals surface area (Å²) in [4.78, 5) is 10.4. The van der Waals surface area contributed by atoms with E-state index in [1.54, 1.807) is 6.08 Å². The maximum Gasteiger partial charge on any atom is 0.328 e. The Morgan fingerprint density at radius 1 is 1.17 bits per heavy atom. The van der Waals surface area contributed by atoms with Gasteiger partial charge in [-0.2, -0.15) is 0 Å². The van der Waals surface area contributed by atoms with E-state index in [9.17, 15) is 4.79 Å². The molecule has 0 unspecified atom stereocenters. The molecular weight excluding hydrogens is 224 g/mol. The highest BCUT2D eigenvalue weighted by atomic mass is 16.4. The molecule has 0 saturated heterocycles. The molecule has 1 aliphatic rings. The molecule has 0 radical (unpaired) electrons. The Morgan fingerprint density at radius 2 is 1.78 bits per heavy atom. The van der Waals surface area contributed by atoms with Gasteiger partial charge < -0.3 is 5.11 Å². The van der Waals surface area contributed by atoms with Gasteiger partial charge in [0.05, 0.1) is 0 Å². The van der Waals surface area contributed by atoms with Crippen LogP contribution in [0.25, 0.3) is 6.08 Å². The van der Waals surface area contributed by atoms with Crippen molar-refractivity contribution in [3.63, 3.8) is 0 Å². The highest BCUT2D eigenvalue weighted by molar-refractivity contribution is 5.85. The van der Waals surface area contributed by atoms with Crippen LogP contribution in [0, 0.1) is 5.92 Å². The van der Waals surface area contributed by atoms with Crippen LogP contribution >= 0.6 is 0 Å². The first-order valence-corrected chi connectivity index (χ1v) is 6.66. The predicted molar refractivity (Wildman–Crippen MR) is 73.5 cm³/mol. The van der Waals surface area contributed by atoms with Gasteiger partial charge in [-0.3, -0.25) is 0 Å². The molecule has 0 amide bonds. The first kappa shape index (κ1) is 12.9. The summed E-state index contributed by atoms with van der Waals surface area (Å²) in [5, 5.41) is 8.57. The minimum absolute atomic E-state index is 0.693. The summed E-state index contributed by atoms with van der Waals surface area (Å²) in [6.45, 7) is 2.33. The average Bonchev–Trinajstić information content (AvgIpc) is 2.38. The zero-order valence-electron chi connectivity index (χ0n) is 10.8. The van der Waals surface area contributed by atoms with Gasteiger partial charge in [-0.25, -0.2) is 4.79 Å². The van der Waals surface area contributed by atoms with Crippen LogP contribution in [0.2, 0.25) is 0 Å². The molecule has 18 heavy (non-hydrogen) atoms. The predicted octanol–water partition coefficient (Wildman–Crippen LogP) is 4.08. The fourth-order valence-corrected chi connectivity index (χ4v) is 2.64. The zero-order valence-corrected chi connectivity index (χ0v) is 10.8. The Labute approximate surface area is 108 Å². The lowest BCUT2D eigenvalue weighted by molar-refractivity contribution is -0.131. The number of carbonyl (C=O) groups is 1. The quantitative estimate of drug-likeness (QED) is 0.813. The van der Waals surface area contributed by atoms with E-state index < -0.39 is 5.97 Å². The van der Waals surface area contributed by atoms with Gasteiger partial charge in [-0.1, -0.05) is 44.0 Å². The van der Waals surface area contributed by atoms with Crippen LogP contribution in [0.4, 0.5) is 0 Å². The SMILES string of the molecule is CC1CCC(c2ccc(/C=C/C(=O)O)cc2)CC1. The van der Waals surface area contributed by atoms with Gasteiger partial charge in [-0.15, -0.1) is 0 Å². The monoisotopic (exact) mass is 244 g/mol. The first-order chi connectivity index (χ1) is 8.65. The molecule has 0 aliphatic heterocycles. The summed E-state index contributed by atoms with van der Waals surface area (Å²) in [7, 11) is 0. The van der Waals surface area contributed by atoms with Crippen LogP contribution in [0.15, 0.2) is 30.3 Å². The second kappa shape index (κ2) is 5.85. The second-order valence-electron chi connectivity index (χ2n) is 5.30. The van der Waals surface area contributed by atoms with Crippen LogP contribution in [0.5, 0.6) is 0 Å². The molecule has 2 nitrogen and oxygen atoms in total. The highest BCUT2D eigenvalue weighted by Crippen LogP contribution is 2.35. The van der Waals surface area contributed by atoms with E-state index in [2.05, 4.69) is 19.1 Å². The molecule has 1 aliphatic carbocycles. The molecular formula is C16H20O2. The van der Waals surface area contributed by atoms with E-state index in [-0.39, 0.29) is 0 Å². The maximum atomic E-state index is 10.4. The Balaban J connectivity index is 2.01. The molecule has 2 rings (SSSR count). The minimum Gasteiger partial charge on any atom is -0.478 e. The van der Waals surface area contributed by atoms with Crippen molar-refractivity contribution in [1.29, 1.82) is 0 Å². The number of hydrogen-bond donors (Lipinski definition) is 1. The van der Waals surface area contributed by atoms with Crippen molar-refractivity contribution < 1.29 is 9.90 Å². The Hall–Kier alpha value is -1.57. The fraction of sp³-hybridized carbons (Fsp3) is 0.438. The van der Waals surface area contributed by atoms with E-state index in [0.29, 0.717) is 5.92 Å². The van der Waals surface area contributed by atoms with Gasteiger partial charge in [0.2, 0.25) is 0 Å². The first-order valence-electron chi connectivity index (χ1n) is 6.66. The lowest BCUT2D eigenvalue weighted by Gasteiger charge is -2.26. The number of rotatable bonds is 3. The number of benzene rings is 1. The summed E-state index contributed by atoms with van der Waals surface area (Å²) in [5.74, 6) is 0.665. The van der Waals surface area contributed by atoms with Gasteiger partial charge >= 0.3 is 5.97 Å². The van der Waals surface area contributed by atoms with Gasteiger partial charge in [0.25, 0.3) is 0 Å². The summed E-state index contributed by atoms with van der Waals surface area (Å²) in [5.41, 5.74) is 2.35. The summed E-state index contributed by atoms with van der Waals surface area (Å²) in [6.07, 6.45) is 8.03. The molecule has 0 atom stereocenters. The van der Waals surface area contributed by atoms with Crippen LogP contribution in [0.1, 0.15) is 49.7 Å². The van der Waals surface area contributed by atoms with Gasteiger partial charge in [0.1, 0.15) is 0 Å². The third-order valence-electron chi connectivity index (χ3n) is 3.84. The van der Waals surface area contributed by atoms with Crippen LogP contribution in [0.3, 0.4) is 0 Å². The molecule has 1 aromatic carbocycles. The zero-order chi connectivity index (χ0) is 13.0. The number of carboxylic acid groups (broad SMARTS) is 1. The van der Waals surface area contributed by atoms with Crippen molar-refractivity contribution in [1.82, 2.24) is 0 Å². The van der Waals surface area contributed by atoms with Crippen LogP contribution in [-0.2, 0) is 4.79 Å². The van der Waals surface area contributed by atoms with Crippen molar-refractivity contribution in [2.24, 2.45) is 5.92 Å². The molecule has 1 saturated carbocycles. The van der Waals surface area contributed by atoms with E-state index >= 15 is 0 Å². The maximum absolute atomic E-state index is 10.4. The van der Waals surface area contributed by atoms with Crippen molar-refractivity contribution in [3.8, 4) is 0 Å². The number of aliphatic carboxylic acids is 1. The number of hydrogen-bond acceptors (Lipinski definition) is 1. The molecule has 1 aromatic rings. The Morgan fingerprint density at radius 3 is 2.33 bits per heavy atom. The normalized spacial score (nSPS) is 24.3. The van der Waals surface area contributed by atoms with Gasteiger partial charge in [0.15, 0.2) is 0 Å². The lowest BCUT2D eigenvalue weighted by Crippen LogP contribution is -2.10.